The van der Waals surface area contributed by atoms with Gasteiger partial charge in [-0.2, -0.15) is 5.11 Å². The van der Waals surface area contributed by atoms with Crippen LogP contribution in [-0.2, 0) is 4.74 Å². The summed E-state index contributed by atoms with van der Waals surface area (Å²) in [6.45, 7) is -1.00. The first-order valence-corrected chi connectivity index (χ1v) is 5.95. The maximum atomic E-state index is 13.2. The molecule has 5 atom stereocenters. The number of urea groups is 1. The quantitative estimate of drug-likeness (QED) is 0.431. The van der Waals surface area contributed by atoms with Gasteiger partial charge in [-0.25, -0.2) is 19.1 Å². The predicted octanol–water partition coefficient (Wildman–Crippen LogP) is -0.838. The Labute approximate surface area is 117 Å². The van der Waals surface area contributed by atoms with Crippen LogP contribution in [0.25, 0.3) is 0 Å². The summed E-state index contributed by atoms with van der Waals surface area (Å²) in [7, 11) is 0. The molecule has 2 amide bonds. The Bertz CT molecular complexity index is 465. The third-order valence-electron chi connectivity index (χ3n) is 3.40. The summed E-state index contributed by atoms with van der Waals surface area (Å²) in [4.78, 5) is 12.4. The zero-order valence-electron chi connectivity index (χ0n) is 10.6. The maximum Gasteiger partial charge on any atom is 0.325 e. The molecule has 1 fully saturated rings. The molecule has 11 heteroatoms. The Morgan fingerprint density at radius 2 is 2.24 bits per heavy atom. The van der Waals surface area contributed by atoms with E-state index in [0.29, 0.717) is 4.90 Å². The number of hydrogen-bond donors (Lipinski definition) is 5. The van der Waals surface area contributed by atoms with Crippen LogP contribution in [0.15, 0.2) is 17.4 Å². The molecule has 5 N–H and O–H groups in total. The van der Waals surface area contributed by atoms with Gasteiger partial charge in [0.05, 0.1) is 12.5 Å². The van der Waals surface area contributed by atoms with Crippen molar-refractivity contribution in [3.8, 4) is 0 Å². The number of hydrogen-bond acceptors (Lipinski definition) is 7. The van der Waals surface area contributed by atoms with Gasteiger partial charge < -0.3 is 25.4 Å². The molecule has 0 aromatic rings. The number of alkyl halides is 2. The van der Waals surface area contributed by atoms with Crippen molar-refractivity contribution < 1.29 is 33.6 Å². The maximum absolute atomic E-state index is 13.2. The van der Waals surface area contributed by atoms with E-state index in [-0.39, 0.29) is 0 Å². The van der Waals surface area contributed by atoms with Crippen molar-refractivity contribution >= 4 is 6.03 Å². The summed E-state index contributed by atoms with van der Waals surface area (Å²) in [6, 6.07) is -0.924. The van der Waals surface area contributed by atoms with E-state index >= 15 is 0 Å². The SMILES string of the molecule is N=N[C@]1(CO)O[C@@H](N2C=CC(O)NC2=O)[C@@H](C(F)F)[C@@H]1O. The second-order valence-electron chi connectivity index (χ2n) is 4.62. The lowest BCUT2D eigenvalue weighted by Crippen LogP contribution is -2.52. The summed E-state index contributed by atoms with van der Waals surface area (Å²) >= 11 is 0. The molecule has 0 aliphatic carbocycles. The molecular weight excluding hydrogens is 294 g/mol. The average molecular weight is 308 g/mol. The molecule has 118 valence electrons. The van der Waals surface area contributed by atoms with Gasteiger partial charge in [-0.15, -0.1) is 0 Å². The summed E-state index contributed by atoms with van der Waals surface area (Å²) in [5, 5.41) is 33.2. The third-order valence-corrected chi connectivity index (χ3v) is 3.40. The minimum absolute atomic E-state index is 0.704. The van der Waals surface area contributed by atoms with Crippen molar-refractivity contribution in [2.75, 3.05) is 6.61 Å². The number of aliphatic hydroxyl groups is 3. The van der Waals surface area contributed by atoms with E-state index < -0.39 is 49.3 Å². The van der Waals surface area contributed by atoms with Crippen molar-refractivity contribution in [1.82, 2.24) is 10.2 Å². The molecule has 2 aliphatic rings. The largest absolute Gasteiger partial charge is 0.391 e. The van der Waals surface area contributed by atoms with Gasteiger partial charge >= 0.3 is 6.03 Å². The van der Waals surface area contributed by atoms with Crippen LogP contribution in [0.3, 0.4) is 0 Å². The number of carbonyl (C=O) groups excluding carboxylic acids is 1. The van der Waals surface area contributed by atoms with Crippen LogP contribution in [-0.4, -0.2) is 63.6 Å². The molecule has 2 rings (SSSR count). The average Bonchev–Trinajstić information content (AvgIpc) is 2.72. The number of nitrogens with one attached hydrogen (secondary N) is 2. The Hall–Kier alpha value is -1.69. The van der Waals surface area contributed by atoms with Crippen LogP contribution in [0.5, 0.6) is 0 Å². The fourth-order valence-electron chi connectivity index (χ4n) is 2.27. The second-order valence-corrected chi connectivity index (χ2v) is 4.62. The normalized spacial score (nSPS) is 39.7. The van der Waals surface area contributed by atoms with Gasteiger partial charge in [-0.1, -0.05) is 0 Å². The second kappa shape index (κ2) is 5.60. The first-order chi connectivity index (χ1) is 9.86. The van der Waals surface area contributed by atoms with Gasteiger partial charge in [0, 0.05) is 6.20 Å². The Morgan fingerprint density at radius 3 is 2.71 bits per heavy atom. The molecule has 21 heavy (non-hydrogen) atoms. The number of ether oxygens (including phenoxy) is 1. The zero-order valence-corrected chi connectivity index (χ0v) is 10.6. The highest BCUT2D eigenvalue weighted by Crippen LogP contribution is 2.41. The van der Waals surface area contributed by atoms with Gasteiger partial charge in [0.25, 0.3) is 0 Å². The van der Waals surface area contributed by atoms with Gasteiger partial charge in [-0.05, 0) is 6.08 Å². The highest BCUT2D eigenvalue weighted by molar-refractivity contribution is 5.77. The van der Waals surface area contributed by atoms with E-state index in [1.807, 2.05) is 0 Å². The van der Waals surface area contributed by atoms with Crippen LogP contribution in [0.2, 0.25) is 0 Å². The van der Waals surface area contributed by atoms with Crippen LogP contribution < -0.4 is 5.32 Å². The number of rotatable bonds is 4. The van der Waals surface area contributed by atoms with Gasteiger partial charge in [0.15, 0.2) is 6.23 Å². The molecule has 0 radical (unpaired) electrons. The molecule has 1 unspecified atom stereocenters. The van der Waals surface area contributed by atoms with E-state index in [2.05, 4.69) is 10.4 Å². The van der Waals surface area contributed by atoms with Crippen LogP contribution >= 0.6 is 0 Å². The monoisotopic (exact) mass is 308 g/mol. The molecule has 1 saturated heterocycles. The lowest BCUT2D eigenvalue weighted by atomic mass is 9.96. The lowest BCUT2D eigenvalue weighted by Gasteiger charge is -2.32. The predicted molar refractivity (Wildman–Crippen MR) is 60.9 cm³/mol. The highest BCUT2D eigenvalue weighted by Gasteiger charge is 2.60. The standard InChI is InChI=1S/C10H14F2N4O5/c11-7(12)5-6(19)10(3-17,15-13)21-8(5)16-2-1-4(18)14-9(16)20/h1-2,4-8,13,17-19H,3H2,(H,14,20)/t4?,5-,6+,8-,10-/m1/s1. The van der Waals surface area contributed by atoms with Crippen molar-refractivity contribution in [3.05, 3.63) is 12.3 Å². The number of amides is 2. The summed E-state index contributed by atoms with van der Waals surface area (Å²) in [5.74, 6) is -1.88. The van der Waals surface area contributed by atoms with Gasteiger partial charge in [-0.3, -0.25) is 4.90 Å². The molecule has 0 aromatic carbocycles. The smallest absolute Gasteiger partial charge is 0.325 e. The van der Waals surface area contributed by atoms with E-state index in [0.717, 1.165) is 12.3 Å². The van der Waals surface area contributed by atoms with E-state index in [1.165, 1.54) is 0 Å². The first-order valence-electron chi connectivity index (χ1n) is 5.95. The van der Waals surface area contributed by atoms with E-state index in [9.17, 15) is 28.9 Å². The first kappa shape index (κ1) is 15.7. The van der Waals surface area contributed by atoms with Crippen molar-refractivity contribution in [2.45, 2.75) is 30.7 Å². The highest BCUT2D eigenvalue weighted by atomic mass is 19.3. The number of carbonyl (C=O) groups is 1. The lowest BCUT2D eigenvalue weighted by molar-refractivity contribution is -0.133. The van der Waals surface area contributed by atoms with Crippen LogP contribution in [0.1, 0.15) is 0 Å². The number of aliphatic hydroxyl groups excluding tert-OH is 3. The number of halogens is 2. The topological polar surface area (TPSA) is 138 Å². The molecule has 0 aromatic heterocycles. The van der Waals surface area contributed by atoms with Gasteiger partial charge in [0.2, 0.25) is 12.2 Å². The van der Waals surface area contributed by atoms with Crippen LogP contribution in [0, 0.1) is 11.4 Å². The Kier molecular flexibility index (Phi) is 4.18. The Balaban J connectivity index is 2.35. The number of nitrogens with zero attached hydrogens (tertiary/aromatic N) is 2. The molecule has 2 aliphatic heterocycles. The fraction of sp³-hybridized carbons (Fsp3) is 0.700. The van der Waals surface area contributed by atoms with Gasteiger partial charge in [0.1, 0.15) is 12.3 Å². The summed E-state index contributed by atoms with van der Waals surface area (Å²) < 4.78 is 31.4. The Morgan fingerprint density at radius 1 is 1.57 bits per heavy atom. The molecule has 9 nitrogen and oxygen atoms in total. The fourth-order valence-corrected chi connectivity index (χ4v) is 2.27. The molecular formula is C10H14F2N4O5. The van der Waals surface area contributed by atoms with Crippen molar-refractivity contribution in [2.24, 2.45) is 11.0 Å². The molecule has 0 saturated carbocycles. The van der Waals surface area contributed by atoms with Crippen LogP contribution in [0.4, 0.5) is 13.6 Å². The summed E-state index contributed by atoms with van der Waals surface area (Å²) in [5.41, 5.74) is 4.70. The third kappa shape index (κ3) is 2.48. The van der Waals surface area contributed by atoms with E-state index in [4.69, 9.17) is 10.3 Å². The van der Waals surface area contributed by atoms with E-state index in [1.54, 1.807) is 0 Å². The van der Waals surface area contributed by atoms with Crippen molar-refractivity contribution in [1.29, 1.82) is 5.53 Å². The zero-order chi connectivity index (χ0) is 15.8. The van der Waals surface area contributed by atoms with Crippen molar-refractivity contribution in [3.63, 3.8) is 0 Å². The minimum Gasteiger partial charge on any atom is -0.391 e. The summed E-state index contributed by atoms with van der Waals surface area (Å²) in [6.07, 6.45) is -5.85. The molecule has 0 spiro atoms. The molecule has 2 heterocycles. The molecule has 0 bridgehead atoms. The minimum atomic E-state index is -3.09.